The monoisotopic (exact) mass is 353 g/mol. The molecule has 1 aliphatic rings. The number of nitrogens with zero attached hydrogens (tertiary/aromatic N) is 4. The molecular weight excluding hydrogens is 335 g/mol. The van der Waals surface area contributed by atoms with E-state index in [0.29, 0.717) is 30.8 Å². The standard InChI is InChI=1S/C16H18F3N5O/c1-23(2)8-11-4-3-10(7-20-11)15(25)24-6-5-13-12(9-24)14(22-21-13)16(17,18)19/h3-4,7H,5-6,8-9H2,1-2H3,(H,21,22). The summed E-state index contributed by atoms with van der Waals surface area (Å²) < 4.78 is 39.0. The van der Waals surface area contributed by atoms with E-state index < -0.39 is 11.9 Å². The zero-order valence-electron chi connectivity index (χ0n) is 13.9. The molecule has 0 aromatic carbocycles. The van der Waals surface area contributed by atoms with Crippen LogP contribution in [0.4, 0.5) is 13.2 Å². The van der Waals surface area contributed by atoms with Crippen LogP contribution in [0.5, 0.6) is 0 Å². The van der Waals surface area contributed by atoms with Crippen molar-refractivity contribution in [2.24, 2.45) is 0 Å². The Hall–Kier alpha value is -2.42. The van der Waals surface area contributed by atoms with Gasteiger partial charge in [-0.3, -0.25) is 14.9 Å². The fraction of sp³-hybridized carbons (Fsp3) is 0.438. The highest BCUT2D eigenvalue weighted by molar-refractivity contribution is 5.94. The number of nitrogens with one attached hydrogen (secondary N) is 1. The molecule has 1 aliphatic heterocycles. The lowest BCUT2D eigenvalue weighted by molar-refractivity contribution is -0.142. The summed E-state index contributed by atoms with van der Waals surface area (Å²) in [6, 6.07) is 3.41. The number of fused-ring (bicyclic) bond motifs is 1. The first kappa shape index (κ1) is 17.4. The summed E-state index contributed by atoms with van der Waals surface area (Å²) in [6.45, 7) is 0.870. The van der Waals surface area contributed by atoms with E-state index in [1.165, 1.54) is 11.1 Å². The molecule has 2 aromatic heterocycles. The number of halogens is 3. The fourth-order valence-corrected chi connectivity index (χ4v) is 2.85. The Bertz CT molecular complexity index is 767. The molecule has 3 rings (SSSR count). The first-order chi connectivity index (χ1) is 11.8. The number of hydrogen-bond acceptors (Lipinski definition) is 4. The van der Waals surface area contributed by atoms with Crippen molar-refractivity contribution in [1.82, 2.24) is 25.0 Å². The molecule has 0 aliphatic carbocycles. The maximum absolute atomic E-state index is 13.0. The lowest BCUT2D eigenvalue weighted by Crippen LogP contribution is -2.36. The van der Waals surface area contributed by atoms with Crippen molar-refractivity contribution in [3.05, 3.63) is 46.5 Å². The predicted octanol–water partition coefficient (Wildman–Crippen LogP) is 2.08. The Morgan fingerprint density at radius 2 is 2.12 bits per heavy atom. The molecule has 0 saturated carbocycles. The third kappa shape index (κ3) is 3.65. The number of pyridine rings is 1. The summed E-state index contributed by atoms with van der Waals surface area (Å²) in [5.41, 5.74) is 0.722. The molecule has 0 spiro atoms. The van der Waals surface area contributed by atoms with Crippen LogP contribution in [0, 0.1) is 0 Å². The SMILES string of the molecule is CN(C)Cc1ccc(C(=O)N2CCc3[nH]nc(C(F)(F)F)c3C2)cn1. The molecular formula is C16H18F3N5O. The molecule has 0 unspecified atom stereocenters. The molecule has 9 heteroatoms. The van der Waals surface area contributed by atoms with Crippen LogP contribution in [-0.4, -0.2) is 51.5 Å². The normalized spacial score (nSPS) is 14.7. The minimum absolute atomic E-state index is 0.0456. The molecule has 0 radical (unpaired) electrons. The van der Waals surface area contributed by atoms with E-state index in [9.17, 15) is 18.0 Å². The fourth-order valence-electron chi connectivity index (χ4n) is 2.85. The van der Waals surface area contributed by atoms with Crippen LogP contribution in [0.2, 0.25) is 0 Å². The first-order valence-corrected chi connectivity index (χ1v) is 7.78. The van der Waals surface area contributed by atoms with Gasteiger partial charge in [0.05, 0.1) is 11.3 Å². The summed E-state index contributed by atoms with van der Waals surface area (Å²) in [5, 5.41) is 5.80. The number of carbonyl (C=O) groups is 1. The Morgan fingerprint density at radius 1 is 1.36 bits per heavy atom. The summed E-state index contributed by atoms with van der Waals surface area (Å²) >= 11 is 0. The number of amides is 1. The van der Waals surface area contributed by atoms with Crippen molar-refractivity contribution in [3.63, 3.8) is 0 Å². The van der Waals surface area contributed by atoms with Gasteiger partial charge in [0.25, 0.3) is 5.91 Å². The molecule has 1 amide bonds. The van der Waals surface area contributed by atoms with Crippen molar-refractivity contribution >= 4 is 5.91 Å². The number of hydrogen-bond donors (Lipinski definition) is 1. The number of aromatic nitrogens is 3. The molecule has 0 saturated heterocycles. The zero-order chi connectivity index (χ0) is 18.2. The average molecular weight is 353 g/mol. The summed E-state index contributed by atoms with van der Waals surface area (Å²) in [5.74, 6) is -0.330. The molecule has 1 N–H and O–H groups in total. The van der Waals surface area contributed by atoms with Gasteiger partial charge in [-0.2, -0.15) is 18.3 Å². The van der Waals surface area contributed by atoms with Gasteiger partial charge in [0.1, 0.15) is 0 Å². The van der Waals surface area contributed by atoms with Gasteiger partial charge >= 0.3 is 6.18 Å². The van der Waals surface area contributed by atoms with E-state index in [2.05, 4.69) is 15.2 Å². The molecule has 2 aromatic rings. The molecule has 25 heavy (non-hydrogen) atoms. The lowest BCUT2D eigenvalue weighted by atomic mass is 10.0. The van der Waals surface area contributed by atoms with Gasteiger partial charge in [0.2, 0.25) is 0 Å². The van der Waals surface area contributed by atoms with Crippen LogP contribution < -0.4 is 0 Å². The van der Waals surface area contributed by atoms with Crippen molar-refractivity contribution in [2.75, 3.05) is 20.6 Å². The van der Waals surface area contributed by atoms with Crippen molar-refractivity contribution in [3.8, 4) is 0 Å². The molecule has 0 atom stereocenters. The second kappa shape index (κ2) is 6.47. The van der Waals surface area contributed by atoms with Crippen LogP contribution in [0.25, 0.3) is 0 Å². The number of alkyl halides is 3. The maximum atomic E-state index is 13.0. The van der Waals surface area contributed by atoms with Crippen molar-refractivity contribution in [2.45, 2.75) is 25.7 Å². The molecule has 0 fully saturated rings. The number of carbonyl (C=O) groups excluding carboxylic acids is 1. The molecule has 134 valence electrons. The van der Waals surface area contributed by atoms with E-state index in [-0.39, 0.29) is 18.0 Å². The summed E-state index contributed by atoms with van der Waals surface area (Å²) in [4.78, 5) is 20.2. The summed E-state index contributed by atoms with van der Waals surface area (Å²) in [6.07, 6.45) is -2.75. The van der Waals surface area contributed by atoms with Crippen LogP contribution in [0.1, 0.15) is 33.0 Å². The third-order valence-corrected chi connectivity index (χ3v) is 4.04. The van der Waals surface area contributed by atoms with Gasteiger partial charge in [-0.05, 0) is 26.2 Å². The van der Waals surface area contributed by atoms with Crippen LogP contribution in [-0.2, 0) is 25.7 Å². The first-order valence-electron chi connectivity index (χ1n) is 7.78. The smallest absolute Gasteiger partial charge is 0.334 e. The highest BCUT2D eigenvalue weighted by Crippen LogP contribution is 2.34. The van der Waals surface area contributed by atoms with Crippen LogP contribution >= 0.6 is 0 Å². The Morgan fingerprint density at radius 3 is 2.72 bits per heavy atom. The van der Waals surface area contributed by atoms with E-state index in [1.54, 1.807) is 12.1 Å². The largest absolute Gasteiger partial charge is 0.435 e. The van der Waals surface area contributed by atoms with Crippen LogP contribution in [0.15, 0.2) is 18.3 Å². The molecule has 0 bridgehead atoms. The van der Waals surface area contributed by atoms with Gasteiger partial charge in [-0.25, -0.2) is 0 Å². The predicted molar refractivity (Wildman–Crippen MR) is 83.7 cm³/mol. The zero-order valence-corrected chi connectivity index (χ0v) is 13.9. The second-order valence-electron chi connectivity index (χ2n) is 6.28. The van der Waals surface area contributed by atoms with E-state index in [4.69, 9.17) is 0 Å². The van der Waals surface area contributed by atoms with E-state index in [1.807, 2.05) is 19.0 Å². The number of aromatic amines is 1. The minimum atomic E-state index is -4.54. The Labute approximate surface area is 142 Å². The topological polar surface area (TPSA) is 65.1 Å². The highest BCUT2D eigenvalue weighted by atomic mass is 19.4. The third-order valence-electron chi connectivity index (χ3n) is 4.04. The van der Waals surface area contributed by atoms with Crippen LogP contribution in [0.3, 0.4) is 0 Å². The van der Waals surface area contributed by atoms with Gasteiger partial charge in [-0.1, -0.05) is 0 Å². The van der Waals surface area contributed by atoms with Crippen molar-refractivity contribution in [1.29, 1.82) is 0 Å². The molecule has 3 heterocycles. The minimum Gasteiger partial charge on any atom is -0.334 e. The Balaban J connectivity index is 1.77. The number of H-pyrrole nitrogens is 1. The summed E-state index contributed by atoms with van der Waals surface area (Å²) in [7, 11) is 3.82. The van der Waals surface area contributed by atoms with E-state index in [0.717, 1.165) is 5.69 Å². The number of rotatable bonds is 3. The van der Waals surface area contributed by atoms with E-state index >= 15 is 0 Å². The second-order valence-corrected chi connectivity index (χ2v) is 6.28. The lowest BCUT2D eigenvalue weighted by Gasteiger charge is -2.27. The van der Waals surface area contributed by atoms with Gasteiger partial charge in [0, 0.05) is 43.5 Å². The Kier molecular flexibility index (Phi) is 4.51. The highest BCUT2D eigenvalue weighted by Gasteiger charge is 2.39. The van der Waals surface area contributed by atoms with Gasteiger partial charge < -0.3 is 9.80 Å². The van der Waals surface area contributed by atoms with Gasteiger partial charge in [-0.15, -0.1) is 0 Å². The maximum Gasteiger partial charge on any atom is 0.435 e. The quantitative estimate of drug-likeness (QED) is 0.918. The average Bonchev–Trinajstić information content (AvgIpc) is 2.97. The van der Waals surface area contributed by atoms with Gasteiger partial charge in [0.15, 0.2) is 5.69 Å². The van der Waals surface area contributed by atoms with Crippen molar-refractivity contribution < 1.29 is 18.0 Å². The molecule has 6 nitrogen and oxygen atoms in total.